The van der Waals surface area contributed by atoms with Crippen molar-refractivity contribution < 1.29 is 0 Å². The highest BCUT2D eigenvalue weighted by molar-refractivity contribution is 7.01. The quantitative estimate of drug-likeness (QED) is 0.0780. The van der Waals surface area contributed by atoms with Gasteiger partial charge in [0.1, 0.15) is 0 Å². The first kappa shape index (κ1) is 47.5. The summed E-state index contributed by atoms with van der Waals surface area (Å²) in [6, 6.07) is 16.7. The maximum atomic E-state index is 2.94. The molecule has 4 heteroatoms. The van der Waals surface area contributed by atoms with E-state index in [4.69, 9.17) is 0 Å². The fraction of sp³-hybridized carbons (Fsp3) is 0.692. The largest absolute Gasteiger partial charge is 0.0950 e. The molecule has 0 nitrogen and oxygen atoms in total. The minimum absolute atomic E-state index is 0.652. The predicted molar refractivity (Wildman–Crippen MR) is 273 cm³/mol. The number of rotatable bonds is 16. The molecule has 4 aromatic rings. The minimum Gasteiger partial charge on any atom is -0.0648 e. The maximum Gasteiger partial charge on any atom is 0.0950 e. The molecule has 0 N–H and O–H groups in total. The van der Waals surface area contributed by atoms with Crippen LogP contribution in [0.3, 0.4) is 0 Å². The molecule has 0 spiro atoms. The average Bonchev–Trinajstić information content (AvgIpc) is 3.04. The van der Waals surface area contributed by atoms with Crippen LogP contribution in [0.25, 0.3) is 32.3 Å². The Morgan fingerprint density at radius 3 is 0.464 bits per heavy atom. The summed E-state index contributed by atoms with van der Waals surface area (Å²) in [5, 5.41) is 16.9. The van der Waals surface area contributed by atoms with Crippen molar-refractivity contribution in [3.8, 4) is 0 Å². The molecule has 314 valence electrons. The summed E-state index contributed by atoms with van der Waals surface area (Å²) in [6.45, 7) is 62.3. The van der Waals surface area contributed by atoms with Gasteiger partial charge < -0.3 is 0 Å². The van der Waals surface area contributed by atoms with Gasteiger partial charge in [0, 0.05) is 0 Å². The van der Waals surface area contributed by atoms with Crippen molar-refractivity contribution in [2.75, 3.05) is 0 Å². The summed E-state index contributed by atoms with van der Waals surface area (Å²) >= 11 is 0. The van der Waals surface area contributed by atoms with Crippen molar-refractivity contribution in [2.45, 2.75) is 233 Å². The van der Waals surface area contributed by atoms with Crippen LogP contribution in [0, 0.1) is 0 Å². The lowest BCUT2D eigenvalue weighted by molar-refractivity contribution is 0.832. The third kappa shape index (κ3) is 6.40. The van der Waals surface area contributed by atoms with Gasteiger partial charge in [-0.3, -0.25) is 0 Å². The van der Waals surface area contributed by atoms with Gasteiger partial charge in [0.25, 0.3) is 0 Å². The number of benzene rings is 4. The Hall–Kier alpha value is -1.21. The maximum absolute atomic E-state index is 2.94. The van der Waals surface area contributed by atoms with Crippen molar-refractivity contribution in [3.05, 3.63) is 36.4 Å². The predicted octanol–water partition coefficient (Wildman–Crippen LogP) is 16.1. The molecule has 0 radical (unpaired) electrons. The Morgan fingerprint density at radius 1 is 0.232 bits per heavy atom. The van der Waals surface area contributed by atoms with Crippen LogP contribution in [-0.2, 0) is 0 Å². The molecule has 0 aliphatic rings. The lowest BCUT2D eigenvalue weighted by Crippen LogP contribution is -2.61. The van der Waals surface area contributed by atoms with E-state index in [2.05, 4.69) is 203 Å². The zero-order valence-electron chi connectivity index (χ0n) is 41.4. The van der Waals surface area contributed by atoms with E-state index in [-0.39, 0.29) is 0 Å². The molecule has 0 atom stereocenters. The van der Waals surface area contributed by atoms with E-state index in [0.29, 0.717) is 66.5 Å². The fourth-order valence-electron chi connectivity index (χ4n) is 16.2. The van der Waals surface area contributed by atoms with Crippen molar-refractivity contribution in [1.29, 1.82) is 0 Å². The van der Waals surface area contributed by atoms with Crippen LogP contribution in [0.5, 0.6) is 0 Å². The molecular formula is C52H90Si4. The summed E-state index contributed by atoms with van der Waals surface area (Å²) in [4.78, 5) is 0. The van der Waals surface area contributed by atoms with Gasteiger partial charge in [-0.05, 0) is 98.8 Å². The Labute approximate surface area is 352 Å². The zero-order valence-corrected chi connectivity index (χ0v) is 45.4. The normalized spacial score (nSPS) is 14.6. The highest BCUT2D eigenvalue weighted by Gasteiger charge is 2.52. The second-order valence-electron chi connectivity index (χ2n) is 22.6. The first-order valence-electron chi connectivity index (χ1n) is 23.5. The van der Waals surface area contributed by atoms with E-state index >= 15 is 0 Å². The zero-order chi connectivity index (χ0) is 42.9. The van der Waals surface area contributed by atoms with E-state index in [1.54, 1.807) is 53.1 Å². The molecule has 0 bridgehead atoms. The van der Waals surface area contributed by atoms with Crippen molar-refractivity contribution in [3.63, 3.8) is 0 Å². The molecule has 0 fully saturated rings. The van der Waals surface area contributed by atoms with Crippen molar-refractivity contribution in [2.24, 2.45) is 0 Å². The fourth-order valence-corrected chi connectivity index (χ4v) is 44.2. The number of hydrogen-bond donors (Lipinski definition) is 0. The molecule has 0 aliphatic carbocycles. The van der Waals surface area contributed by atoms with Crippen LogP contribution in [0.1, 0.15) is 166 Å². The molecule has 0 aromatic heterocycles. The van der Waals surface area contributed by atoms with E-state index in [1.807, 2.05) is 0 Å². The standard InChI is InChI=1S/C52H90Si4/c1-31(2)53(32(3)4,33(5)6)47-29-48(54(34(7)8,35(9)10)36(11)12)44-27-28-46-50(56(40(19)20,41(21)22)42(23)24)30-49(45-26-25-43(47)51(44)52(45)46)55(37(13)14,38(15)16)39(17)18/h25-42H,1-24H3. The van der Waals surface area contributed by atoms with Gasteiger partial charge in [-0.1, -0.05) is 223 Å². The van der Waals surface area contributed by atoms with Gasteiger partial charge in [-0.25, -0.2) is 0 Å². The highest BCUT2D eigenvalue weighted by atomic mass is 28.3. The van der Waals surface area contributed by atoms with Gasteiger partial charge in [-0.2, -0.15) is 0 Å². The molecule has 4 rings (SSSR count). The van der Waals surface area contributed by atoms with Crippen LogP contribution >= 0.6 is 0 Å². The molecule has 4 aromatic carbocycles. The smallest absolute Gasteiger partial charge is 0.0648 e. The van der Waals surface area contributed by atoms with Crippen LogP contribution < -0.4 is 20.7 Å². The summed E-state index contributed by atoms with van der Waals surface area (Å²) in [6.07, 6.45) is 0. The van der Waals surface area contributed by atoms with Gasteiger partial charge in [0.2, 0.25) is 0 Å². The SMILES string of the molecule is CC(C)[Si](c1cc([Si](C(C)C)(C(C)C)C(C)C)c2ccc3c([Si](C(C)C)(C(C)C)C(C)C)cc([Si](C(C)C)(C(C)C)C(C)C)c4ccc1c2c43)(C(C)C)C(C)C. The van der Waals surface area contributed by atoms with Gasteiger partial charge in [0.05, 0.1) is 32.3 Å². The lowest BCUT2D eigenvalue weighted by Gasteiger charge is -2.49. The van der Waals surface area contributed by atoms with E-state index in [0.717, 1.165) is 0 Å². The second-order valence-corrected chi connectivity index (χ2v) is 46.1. The molecule has 0 heterocycles. The monoisotopic (exact) mass is 827 g/mol. The molecule has 56 heavy (non-hydrogen) atoms. The Balaban J connectivity index is 2.66. The first-order valence-corrected chi connectivity index (χ1v) is 32.5. The van der Waals surface area contributed by atoms with Crippen LogP contribution in [0.2, 0.25) is 66.5 Å². The van der Waals surface area contributed by atoms with Crippen LogP contribution in [-0.4, -0.2) is 32.3 Å². The van der Waals surface area contributed by atoms with Gasteiger partial charge in [0.15, 0.2) is 0 Å². The van der Waals surface area contributed by atoms with Crippen LogP contribution in [0.4, 0.5) is 0 Å². The Kier molecular flexibility index (Phi) is 14.1. The van der Waals surface area contributed by atoms with Crippen molar-refractivity contribution >= 4 is 85.4 Å². The number of hydrogen-bond acceptors (Lipinski definition) is 0. The first-order chi connectivity index (χ1) is 25.7. The lowest BCUT2D eigenvalue weighted by atomic mass is 9.94. The Bertz CT molecular complexity index is 1590. The molecule has 0 saturated heterocycles. The van der Waals surface area contributed by atoms with E-state index in [1.165, 1.54) is 0 Å². The van der Waals surface area contributed by atoms with Gasteiger partial charge >= 0.3 is 0 Å². The van der Waals surface area contributed by atoms with E-state index in [9.17, 15) is 0 Å². The van der Waals surface area contributed by atoms with Crippen molar-refractivity contribution in [1.82, 2.24) is 0 Å². The van der Waals surface area contributed by atoms with Crippen LogP contribution in [0.15, 0.2) is 36.4 Å². The minimum atomic E-state index is -2.08. The third-order valence-corrected chi connectivity index (χ3v) is 45.5. The van der Waals surface area contributed by atoms with E-state index < -0.39 is 32.3 Å². The molecule has 0 amide bonds. The summed E-state index contributed by atoms with van der Waals surface area (Å²) < 4.78 is 0. The van der Waals surface area contributed by atoms with Gasteiger partial charge in [-0.15, -0.1) is 0 Å². The molecule has 0 unspecified atom stereocenters. The molecule has 0 aliphatic heterocycles. The summed E-state index contributed by atoms with van der Waals surface area (Å²) in [5.74, 6) is 0. The highest BCUT2D eigenvalue weighted by Crippen LogP contribution is 2.50. The molecule has 0 saturated carbocycles. The molecular weight excluding hydrogens is 737 g/mol. The summed E-state index contributed by atoms with van der Waals surface area (Å²) in [5.41, 5.74) is 7.82. The third-order valence-electron chi connectivity index (χ3n) is 17.2. The summed E-state index contributed by atoms with van der Waals surface area (Å²) in [7, 11) is -8.31. The average molecular weight is 828 g/mol. The second kappa shape index (κ2) is 16.7. The Morgan fingerprint density at radius 2 is 0.357 bits per heavy atom. The topological polar surface area (TPSA) is 0 Å².